The molecule has 220 valence electrons. The first-order valence-corrected chi connectivity index (χ1v) is 15.2. The summed E-state index contributed by atoms with van der Waals surface area (Å²) in [5.41, 5.74) is 8.01. The lowest BCUT2D eigenvalue weighted by Crippen LogP contribution is -1.98. The van der Waals surface area contributed by atoms with Crippen LogP contribution in [0.2, 0.25) is 0 Å². The maximum Gasteiger partial charge on any atom is 0.294 e. The molecule has 5 aromatic carbocycles. The summed E-state index contributed by atoms with van der Waals surface area (Å²) in [6.45, 7) is 1.75. The quantitative estimate of drug-likeness (QED) is 0.0841. The molecular weight excluding hydrogens is 598 g/mol. The van der Waals surface area contributed by atoms with Gasteiger partial charge in [-0.15, -0.1) is 15.3 Å². The lowest BCUT2D eigenvalue weighted by Gasteiger charge is -2.09. The number of azo groups is 2. The molecule has 5 rings (SSSR count). The Balaban J connectivity index is 1.52. The highest BCUT2D eigenvalue weighted by Gasteiger charge is 2.16. The Bertz CT molecular complexity index is 2220. The Morgan fingerprint density at radius 3 is 1.95 bits per heavy atom. The smallest absolute Gasteiger partial charge is 0.294 e. The van der Waals surface area contributed by atoms with E-state index >= 15 is 0 Å². The molecular formula is C28H23N5O8S2. The zero-order valence-electron chi connectivity index (χ0n) is 22.5. The van der Waals surface area contributed by atoms with Crippen LogP contribution in [0.15, 0.2) is 103 Å². The number of anilines is 1. The number of phenolic OH excluding ortho intramolecular Hbond substituents is 1. The van der Waals surface area contributed by atoms with Gasteiger partial charge in [-0.1, -0.05) is 18.2 Å². The molecule has 0 aliphatic rings. The summed E-state index contributed by atoms with van der Waals surface area (Å²) < 4.78 is 70.7. The number of ether oxygens (including phenoxy) is 1. The highest BCUT2D eigenvalue weighted by atomic mass is 32.2. The Morgan fingerprint density at radius 2 is 1.28 bits per heavy atom. The number of nitrogen functional groups attached to an aromatic ring is 1. The van der Waals surface area contributed by atoms with E-state index < -0.39 is 20.2 Å². The SMILES string of the molecule is COc1cc(N=Nc2ccc(N)c3cc(S(=O)(=O)O)ccc23)c(C)cc1N=Nc1c(O)ccc2ccc(S(=O)(=O)O)cc12. The normalized spacial score (nSPS) is 12.6. The molecule has 0 bridgehead atoms. The largest absolute Gasteiger partial charge is 0.506 e. The molecule has 5 aromatic rings. The van der Waals surface area contributed by atoms with Crippen LogP contribution >= 0.6 is 0 Å². The maximum absolute atomic E-state index is 11.6. The molecule has 0 atom stereocenters. The average molecular weight is 622 g/mol. The fourth-order valence-corrected chi connectivity index (χ4v) is 5.36. The molecule has 13 nitrogen and oxygen atoms in total. The maximum atomic E-state index is 11.6. The molecule has 0 saturated heterocycles. The number of nitrogens with zero attached hydrogens (tertiary/aromatic N) is 4. The third-order valence-corrected chi connectivity index (χ3v) is 8.26. The van der Waals surface area contributed by atoms with Crippen LogP contribution < -0.4 is 10.5 Å². The summed E-state index contributed by atoms with van der Waals surface area (Å²) >= 11 is 0. The van der Waals surface area contributed by atoms with Crippen molar-refractivity contribution < 1.29 is 35.8 Å². The van der Waals surface area contributed by atoms with Gasteiger partial charge in [0.2, 0.25) is 0 Å². The van der Waals surface area contributed by atoms with Crippen molar-refractivity contribution in [1.82, 2.24) is 0 Å². The van der Waals surface area contributed by atoms with Crippen LogP contribution in [0.5, 0.6) is 11.5 Å². The van der Waals surface area contributed by atoms with Gasteiger partial charge in [0.25, 0.3) is 20.2 Å². The van der Waals surface area contributed by atoms with Gasteiger partial charge in [0.05, 0.1) is 28.3 Å². The first-order chi connectivity index (χ1) is 20.3. The average Bonchev–Trinajstić information content (AvgIpc) is 2.95. The Morgan fingerprint density at radius 1 is 0.674 bits per heavy atom. The molecule has 0 saturated carbocycles. The second kappa shape index (κ2) is 11.0. The number of hydrogen-bond acceptors (Lipinski definition) is 11. The van der Waals surface area contributed by atoms with Gasteiger partial charge in [0.15, 0.2) is 0 Å². The van der Waals surface area contributed by atoms with Gasteiger partial charge in [-0.2, -0.15) is 21.9 Å². The zero-order valence-corrected chi connectivity index (χ0v) is 24.1. The van der Waals surface area contributed by atoms with Crippen molar-refractivity contribution in [3.63, 3.8) is 0 Å². The lowest BCUT2D eigenvalue weighted by atomic mass is 10.1. The van der Waals surface area contributed by atoms with Crippen LogP contribution in [0.4, 0.5) is 28.4 Å². The number of benzene rings is 5. The number of nitrogens with two attached hydrogens (primary N) is 1. The highest BCUT2D eigenvalue weighted by molar-refractivity contribution is 7.86. The monoisotopic (exact) mass is 621 g/mol. The van der Waals surface area contributed by atoms with Gasteiger partial charge in [-0.05, 0) is 66.4 Å². The van der Waals surface area contributed by atoms with Crippen molar-refractivity contribution in [2.75, 3.05) is 12.8 Å². The van der Waals surface area contributed by atoms with E-state index in [0.717, 1.165) is 0 Å². The van der Waals surface area contributed by atoms with Crippen molar-refractivity contribution >= 4 is 70.2 Å². The van der Waals surface area contributed by atoms with E-state index in [4.69, 9.17) is 10.5 Å². The third-order valence-electron chi connectivity index (χ3n) is 6.56. The van der Waals surface area contributed by atoms with Gasteiger partial charge in [0, 0.05) is 27.9 Å². The van der Waals surface area contributed by atoms with Gasteiger partial charge < -0.3 is 15.6 Å². The van der Waals surface area contributed by atoms with Crippen LogP contribution in [0.1, 0.15) is 5.56 Å². The number of aromatic hydroxyl groups is 1. The minimum Gasteiger partial charge on any atom is -0.506 e. The number of methoxy groups -OCH3 is 1. The first kappa shape index (κ1) is 29.5. The third kappa shape index (κ3) is 6.00. The predicted octanol–water partition coefficient (Wildman–Crippen LogP) is 6.92. The lowest BCUT2D eigenvalue weighted by molar-refractivity contribution is 0.416. The number of phenols is 1. The highest BCUT2D eigenvalue weighted by Crippen LogP contribution is 2.41. The van der Waals surface area contributed by atoms with Gasteiger partial charge in [-0.3, -0.25) is 9.11 Å². The van der Waals surface area contributed by atoms with Crippen LogP contribution in [0, 0.1) is 6.92 Å². The van der Waals surface area contributed by atoms with Crippen molar-refractivity contribution in [3.8, 4) is 11.5 Å². The summed E-state index contributed by atoms with van der Waals surface area (Å²) in [5.74, 6) is 0.00545. The van der Waals surface area contributed by atoms with Crippen LogP contribution in [0.25, 0.3) is 21.5 Å². The second-order valence-corrected chi connectivity index (χ2v) is 12.2. The number of rotatable bonds is 7. The predicted molar refractivity (Wildman–Crippen MR) is 160 cm³/mol. The minimum absolute atomic E-state index is 0.0149. The molecule has 0 spiro atoms. The standard InChI is InChI=1S/C28H23N5O8S2/c1-15-11-25(32-33-28-20-12-17(42(35,36)37)5-3-16(20)4-10-26(28)34)27(41-2)14-24(15)31-30-23-9-8-22(29)21-13-18(43(38,39)40)6-7-19(21)23/h3-14,34H,29H2,1-2H3,(H,35,36,37)(H,38,39,40). The van der Waals surface area contributed by atoms with Crippen LogP contribution in [-0.2, 0) is 20.2 Å². The molecule has 0 amide bonds. The topological polar surface area (TPSA) is 214 Å². The molecule has 0 radical (unpaired) electrons. The molecule has 0 unspecified atom stereocenters. The minimum atomic E-state index is -4.49. The molecule has 5 N–H and O–H groups in total. The Labute approximate surface area is 245 Å². The van der Waals surface area contributed by atoms with Crippen molar-refractivity contribution in [1.29, 1.82) is 0 Å². The molecule has 0 aromatic heterocycles. The van der Waals surface area contributed by atoms with Crippen molar-refractivity contribution in [2.24, 2.45) is 20.5 Å². The molecule has 0 aliphatic carbocycles. The van der Waals surface area contributed by atoms with Gasteiger partial charge >= 0.3 is 0 Å². The van der Waals surface area contributed by atoms with Crippen LogP contribution in [0.3, 0.4) is 0 Å². The molecule has 43 heavy (non-hydrogen) atoms. The number of fused-ring (bicyclic) bond motifs is 2. The second-order valence-electron chi connectivity index (χ2n) is 9.36. The fourth-order valence-electron chi connectivity index (χ4n) is 4.34. The van der Waals surface area contributed by atoms with Gasteiger partial charge in [0.1, 0.15) is 22.9 Å². The van der Waals surface area contributed by atoms with E-state index in [9.17, 15) is 31.0 Å². The molecule has 15 heteroatoms. The van der Waals surface area contributed by atoms with Gasteiger partial charge in [-0.25, -0.2) is 0 Å². The summed E-state index contributed by atoms with van der Waals surface area (Å²) in [7, 11) is -7.51. The summed E-state index contributed by atoms with van der Waals surface area (Å²) in [4.78, 5) is -0.667. The van der Waals surface area contributed by atoms with E-state index in [0.29, 0.717) is 38.8 Å². The van der Waals surface area contributed by atoms with E-state index in [1.165, 1.54) is 49.6 Å². The number of aryl methyl sites for hydroxylation is 1. The Kier molecular flexibility index (Phi) is 7.58. The molecule has 0 heterocycles. The van der Waals surface area contributed by atoms with Crippen LogP contribution in [-0.4, -0.2) is 38.2 Å². The zero-order chi connectivity index (χ0) is 31.1. The molecule has 0 fully saturated rings. The van der Waals surface area contributed by atoms with Crippen molar-refractivity contribution in [2.45, 2.75) is 16.7 Å². The Hall–Kier alpha value is -4.96. The summed E-state index contributed by atoms with van der Waals surface area (Å²) in [6.07, 6.45) is 0. The van der Waals surface area contributed by atoms with E-state index in [1.54, 1.807) is 37.3 Å². The van der Waals surface area contributed by atoms with Crippen molar-refractivity contribution in [3.05, 3.63) is 78.4 Å². The summed E-state index contributed by atoms with van der Waals surface area (Å²) in [6, 6.07) is 17.2. The van der Waals surface area contributed by atoms with E-state index in [2.05, 4.69) is 20.5 Å². The summed E-state index contributed by atoms with van der Waals surface area (Å²) in [5, 5.41) is 29.2. The molecule has 0 aliphatic heterocycles. The fraction of sp³-hybridized carbons (Fsp3) is 0.0714. The first-order valence-electron chi connectivity index (χ1n) is 12.3. The number of hydrogen-bond donors (Lipinski definition) is 4. The van der Waals surface area contributed by atoms with E-state index in [1.807, 2.05) is 0 Å². The van der Waals surface area contributed by atoms with E-state index in [-0.39, 0.29) is 38.1 Å².